The minimum Gasteiger partial charge on any atom is -0.481 e. The number of rotatable bonds is 9. The third-order valence-electron chi connectivity index (χ3n) is 4.92. The van der Waals surface area contributed by atoms with Crippen molar-refractivity contribution in [1.29, 1.82) is 0 Å². The summed E-state index contributed by atoms with van der Waals surface area (Å²) in [6, 6.07) is 9.51. The fourth-order valence-electron chi connectivity index (χ4n) is 3.22. The average Bonchev–Trinajstić information content (AvgIpc) is 2.65. The van der Waals surface area contributed by atoms with E-state index in [0.717, 1.165) is 38.0 Å². The van der Waals surface area contributed by atoms with E-state index in [1.807, 2.05) is 30.3 Å². The number of nitrogens with one attached hydrogen (secondary N) is 1. The molecule has 0 bridgehead atoms. The molecular formula is C20H30N2O4. The van der Waals surface area contributed by atoms with Crippen LogP contribution in [0.4, 0.5) is 4.79 Å². The Kier molecular flexibility index (Phi) is 8.41. The van der Waals surface area contributed by atoms with Crippen molar-refractivity contribution in [3.8, 4) is 0 Å². The molecule has 26 heavy (non-hydrogen) atoms. The fraction of sp³-hybridized carbons (Fsp3) is 0.600. The molecule has 1 unspecified atom stereocenters. The fourth-order valence-corrected chi connectivity index (χ4v) is 3.22. The first kappa shape index (κ1) is 20.2. The quantitative estimate of drug-likeness (QED) is 0.708. The summed E-state index contributed by atoms with van der Waals surface area (Å²) in [5, 5.41) is 12.0. The van der Waals surface area contributed by atoms with Crippen molar-refractivity contribution in [3.63, 3.8) is 0 Å². The first-order valence-electron chi connectivity index (χ1n) is 9.39. The normalized spacial score (nSPS) is 16.0. The minimum absolute atomic E-state index is 0.0452. The minimum atomic E-state index is -0.842. The van der Waals surface area contributed by atoms with Crippen molar-refractivity contribution in [3.05, 3.63) is 35.9 Å². The number of hydrogen-bond acceptors (Lipinski definition) is 3. The summed E-state index contributed by atoms with van der Waals surface area (Å²) in [6.07, 6.45) is 4.20. The van der Waals surface area contributed by atoms with Crippen molar-refractivity contribution >= 4 is 12.0 Å². The van der Waals surface area contributed by atoms with Gasteiger partial charge in [0.2, 0.25) is 0 Å². The molecule has 1 atom stereocenters. The molecule has 1 aromatic rings. The van der Waals surface area contributed by atoms with Gasteiger partial charge in [-0.3, -0.25) is 4.79 Å². The number of hydrogen-bond donors (Lipinski definition) is 2. The van der Waals surface area contributed by atoms with Crippen molar-refractivity contribution in [2.24, 2.45) is 5.92 Å². The molecule has 2 N–H and O–H groups in total. The first-order chi connectivity index (χ1) is 12.5. The number of ether oxygens (including phenoxy) is 1. The van der Waals surface area contributed by atoms with Gasteiger partial charge in [0, 0.05) is 39.3 Å². The summed E-state index contributed by atoms with van der Waals surface area (Å²) < 4.78 is 5.37. The van der Waals surface area contributed by atoms with Crippen LogP contribution in [0.3, 0.4) is 0 Å². The highest BCUT2D eigenvalue weighted by molar-refractivity contribution is 5.74. The first-order valence-corrected chi connectivity index (χ1v) is 9.39. The van der Waals surface area contributed by atoms with Gasteiger partial charge in [0.05, 0.1) is 0 Å². The van der Waals surface area contributed by atoms with E-state index in [9.17, 15) is 9.59 Å². The Hall–Kier alpha value is -2.08. The SMILES string of the molecule is CN(CCC1CCOCC1)C(=O)NC(CCC(=O)O)Cc1ccccc1. The molecule has 2 rings (SSSR count). The third kappa shape index (κ3) is 7.44. The van der Waals surface area contributed by atoms with Crippen LogP contribution in [-0.2, 0) is 16.0 Å². The van der Waals surface area contributed by atoms with E-state index < -0.39 is 5.97 Å². The standard InChI is InChI=1S/C20H30N2O4/c1-22(12-9-16-10-13-26-14-11-16)20(25)21-18(7-8-19(23)24)15-17-5-3-2-4-6-17/h2-6,16,18H,7-15H2,1H3,(H,21,25)(H,23,24). The molecule has 0 spiro atoms. The third-order valence-corrected chi connectivity index (χ3v) is 4.92. The topological polar surface area (TPSA) is 78.9 Å². The molecular weight excluding hydrogens is 332 g/mol. The zero-order valence-corrected chi connectivity index (χ0v) is 15.5. The highest BCUT2D eigenvalue weighted by atomic mass is 16.5. The van der Waals surface area contributed by atoms with E-state index in [0.29, 0.717) is 25.3 Å². The van der Waals surface area contributed by atoms with Gasteiger partial charge in [0.15, 0.2) is 0 Å². The van der Waals surface area contributed by atoms with E-state index in [2.05, 4.69) is 5.32 Å². The number of aliphatic carboxylic acids is 1. The average molecular weight is 362 g/mol. The van der Waals surface area contributed by atoms with Crippen LogP contribution in [0.15, 0.2) is 30.3 Å². The lowest BCUT2D eigenvalue weighted by molar-refractivity contribution is -0.137. The Morgan fingerprint density at radius 2 is 1.96 bits per heavy atom. The zero-order valence-electron chi connectivity index (χ0n) is 15.5. The van der Waals surface area contributed by atoms with Gasteiger partial charge in [-0.05, 0) is 43.6 Å². The van der Waals surface area contributed by atoms with Gasteiger partial charge in [-0.25, -0.2) is 4.79 Å². The van der Waals surface area contributed by atoms with Crippen LogP contribution >= 0.6 is 0 Å². The second kappa shape index (κ2) is 10.8. The Bertz CT molecular complexity index is 558. The molecule has 6 nitrogen and oxygen atoms in total. The lowest BCUT2D eigenvalue weighted by Crippen LogP contribution is -2.44. The van der Waals surface area contributed by atoms with Crippen LogP contribution in [0.1, 0.15) is 37.7 Å². The smallest absolute Gasteiger partial charge is 0.317 e. The van der Waals surface area contributed by atoms with Crippen molar-refractivity contribution < 1.29 is 19.4 Å². The maximum absolute atomic E-state index is 12.5. The summed E-state index contributed by atoms with van der Waals surface area (Å²) in [5.74, 6) is -0.226. The number of carboxylic acid groups (broad SMARTS) is 1. The summed E-state index contributed by atoms with van der Waals surface area (Å²) in [6.45, 7) is 2.33. The van der Waals surface area contributed by atoms with Crippen LogP contribution < -0.4 is 5.32 Å². The molecule has 0 saturated carbocycles. The second-order valence-corrected chi connectivity index (χ2v) is 7.03. The van der Waals surface area contributed by atoms with E-state index in [-0.39, 0.29) is 18.5 Å². The van der Waals surface area contributed by atoms with Crippen molar-refractivity contribution in [1.82, 2.24) is 10.2 Å². The highest BCUT2D eigenvalue weighted by Gasteiger charge is 2.19. The summed E-state index contributed by atoms with van der Waals surface area (Å²) >= 11 is 0. The molecule has 2 amide bonds. The Balaban J connectivity index is 1.83. The van der Waals surface area contributed by atoms with E-state index >= 15 is 0 Å². The molecule has 1 fully saturated rings. The van der Waals surface area contributed by atoms with Crippen molar-refractivity contribution in [2.75, 3.05) is 26.8 Å². The Morgan fingerprint density at radius 3 is 2.62 bits per heavy atom. The molecule has 0 aromatic heterocycles. The van der Waals surface area contributed by atoms with E-state index in [4.69, 9.17) is 9.84 Å². The molecule has 0 aliphatic carbocycles. The molecule has 1 heterocycles. The molecule has 1 aromatic carbocycles. The number of carboxylic acids is 1. The largest absolute Gasteiger partial charge is 0.481 e. The van der Waals surface area contributed by atoms with Crippen LogP contribution in [0.5, 0.6) is 0 Å². The van der Waals surface area contributed by atoms with Gasteiger partial charge in [-0.2, -0.15) is 0 Å². The predicted octanol–water partition coefficient (Wildman–Crippen LogP) is 2.92. The maximum Gasteiger partial charge on any atom is 0.317 e. The number of urea groups is 1. The van der Waals surface area contributed by atoms with Gasteiger partial charge in [0.1, 0.15) is 0 Å². The Labute approximate surface area is 155 Å². The predicted molar refractivity (Wildman–Crippen MR) is 100 cm³/mol. The van der Waals surface area contributed by atoms with Crippen LogP contribution in [-0.4, -0.2) is 54.9 Å². The van der Waals surface area contributed by atoms with Crippen LogP contribution in [0, 0.1) is 5.92 Å². The summed E-state index contributed by atoms with van der Waals surface area (Å²) in [7, 11) is 1.80. The highest BCUT2D eigenvalue weighted by Crippen LogP contribution is 2.18. The lowest BCUT2D eigenvalue weighted by atomic mass is 9.96. The molecule has 1 saturated heterocycles. The van der Waals surface area contributed by atoms with Gasteiger partial charge in [-0.1, -0.05) is 30.3 Å². The summed E-state index contributed by atoms with van der Waals surface area (Å²) in [5.41, 5.74) is 1.09. The number of carbonyl (C=O) groups is 2. The van der Waals surface area contributed by atoms with Crippen molar-refractivity contribution in [2.45, 2.75) is 44.6 Å². The molecule has 0 radical (unpaired) electrons. The van der Waals surface area contributed by atoms with Crippen LogP contribution in [0.25, 0.3) is 0 Å². The number of carbonyl (C=O) groups excluding carboxylic acids is 1. The van der Waals surface area contributed by atoms with Gasteiger partial charge in [0.25, 0.3) is 0 Å². The number of nitrogens with zero attached hydrogens (tertiary/aromatic N) is 1. The monoisotopic (exact) mass is 362 g/mol. The van der Waals surface area contributed by atoms with Gasteiger partial charge >= 0.3 is 12.0 Å². The number of amides is 2. The maximum atomic E-state index is 12.5. The molecule has 144 valence electrons. The molecule has 6 heteroatoms. The lowest BCUT2D eigenvalue weighted by Gasteiger charge is -2.27. The van der Waals surface area contributed by atoms with E-state index in [1.54, 1.807) is 11.9 Å². The summed E-state index contributed by atoms with van der Waals surface area (Å²) in [4.78, 5) is 25.1. The van der Waals surface area contributed by atoms with Gasteiger partial charge in [-0.15, -0.1) is 0 Å². The number of benzene rings is 1. The second-order valence-electron chi connectivity index (χ2n) is 7.03. The molecule has 1 aliphatic rings. The zero-order chi connectivity index (χ0) is 18.8. The molecule has 1 aliphatic heterocycles. The van der Waals surface area contributed by atoms with Gasteiger partial charge < -0.3 is 20.1 Å². The van der Waals surface area contributed by atoms with E-state index in [1.165, 1.54) is 0 Å². The Morgan fingerprint density at radius 1 is 1.27 bits per heavy atom. The van der Waals surface area contributed by atoms with Crippen LogP contribution in [0.2, 0.25) is 0 Å².